The first-order valence-corrected chi connectivity index (χ1v) is 6.68. The Bertz CT molecular complexity index is 401. The van der Waals surface area contributed by atoms with E-state index in [0.717, 1.165) is 0 Å². The maximum absolute atomic E-state index is 11.9. The lowest BCUT2D eigenvalue weighted by Crippen LogP contribution is -2.35. The third-order valence-electron chi connectivity index (χ3n) is 2.97. The summed E-state index contributed by atoms with van der Waals surface area (Å²) >= 11 is 0. The summed E-state index contributed by atoms with van der Waals surface area (Å²) in [6.45, 7) is 12.6. The molecule has 0 heterocycles. The van der Waals surface area contributed by atoms with Gasteiger partial charge in [0.25, 0.3) is 0 Å². The summed E-state index contributed by atoms with van der Waals surface area (Å²) < 4.78 is 10.1. The minimum atomic E-state index is -0.739. The van der Waals surface area contributed by atoms with Gasteiger partial charge in [-0.2, -0.15) is 0 Å². The fraction of sp³-hybridized carbons (Fsp3) is 0.625. The first-order chi connectivity index (χ1) is 9.05. The van der Waals surface area contributed by atoms with E-state index in [0.29, 0.717) is 18.4 Å². The van der Waals surface area contributed by atoms with E-state index in [1.54, 1.807) is 39.8 Å². The van der Waals surface area contributed by atoms with Crippen LogP contribution >= 0.6 is 0 Å². The topological polar surface area (TPSA) is 52.6 Å². The molecule has 0 aromatic carbocycles. The van der Waals surface area contributed by atoms with Crippen molar-refractivity contribution in [2.75, 3.05) is 7.11 Å². The lowest BCUT2D eigenvalue weighted by molar-refractivity contribution is -0.164. The summed E-state index contributed by atoms with van der Waals surface area (Å²) in [4.78, 5) is 23.2. The van der Waals surface area contributed by atoms with E-state index in [1.165, 1.54) is 7.11 Å². The van der Waals surface area contributed by atoms with Gasteiger partial charge in [0.15, 0.2) is 0 Å². The van der Waals surface area contributed by atoms with Crippen molar-refractivity contribution in [1.82, 2.24) is 0 Å². The van der Waals surface area contributed by atoms with Crippen molar-refractivity contribution in [1.29, 1.82) is 0 Å². The van der Waals surface area contributed by atoms with E-state index in [9.17, 15) is 9.59 Å². The number of rotatable bonds is 6. The lowest BCUT2D eigenvalue weighted by atomic mass is 9.95. The van der Waals surface area contributed by atoms with Gasteiger partial charge in [0.05, 0.1) is 12.5 Å². The molecular weight excluding hydrogens is 256 g/mol. The van der Waals surface area contributed by atoms with Crippen LogP contribution in [0.2, 0.25) is 0 Å². The molecule has 0 bridgehead atoms. The Morgan fingerprint density at radius 1 is 1.20 bits per heavy atom. The molecule has 0 aliphatic heterocycles. The highest BCUT2D eigenvalue weighted by Crippen LogP contribution is 2.25. The molecule has 0 aromatic rings. The van der Waals surface area contributed by atoms with E-state index in [2.05, 4.69) is 11.3 Å². The van der Waals surface area contributed by atoms with Crippen LogP contribution in [0, 0.1) is 5.41 Å². The predicted molar refractivity (Wildman–Crippen MR) is 79.2 cm³/mol. The van der Waals surface area contributed by atoms with Crippen LogP contribution in [0.1, 0.15) is 47.5 Å². The van der Waals surface area contributed by atoms with Crippen molar-refractivity contribution < 1.29 is 19.1 Å². The standard InChI is InChI=1S/C16H26O4/c1-8-16(6,20-14(18)15(3,4)5)11-9-10-12(2)13(17)19-7/h8,10H,1,9,11H2,2-7H3/b12-10+/t16-/m0/s1. The zero-order valence-corrected chi connectivity index (χ0v) is 13.4. The molecule has 0 unspecified atom stereocenters. The summed E-state index contributed by atoms with van der Waals surface area (Å²) in [6.07, 6.45) is 4.56. The minimum Gasteiger partial charge on any atom is -0.466 e. The van der Waals surface area contributed by atoms with E-state index < -0.39 is 11.0 Å². The third kappa shape index (κ3) is 6.04. The summed E-state index contributed by atoms with van der Waals surface area (Å²) in [5.74, 6) is -0.620. The molecule has 0 radical (unpaired) electrons. The van der Waals surface area contributed by atoms with Crippen molar-refractivity contribution >= 4 is 11.9 Å². The highest BCUT2D eigenvalue weighted by Gasteiger charge is 2.31. The molecule has 0 fully saturated rings. The second kappa shape index (κ2) is 7.27. The average Bonchev–Trinajstić information content (AvgIpc) is 2.36. The molecule has 0 saturated carbocycles. The molecule has 4 nitrogen and oxygen atoms in total. The number of allylic oxidation sites excluding steroid dienone is 1. The lowest BCUT2D eigenvalue weighted by Gasteiger charge is -2.29. The summed E-state index contributed by atoms with van der Waals surface area (Å²) in [5.41, 5.74) is -0.750. The molecular formula is C16H26O4. The van der Waals surface area contributed by atoms with Crippen molar-refractivity contribution in [3.8, 4) is 0 Å². The van der Waals surface area contributed by atoms with Crippen LogP contribution in [0.3, 0.4) is 0 Å². The Balaban J connectivity index is 4.65. The number of ether oxygens (including phenoxy) is 2. The smallest absolute Gasteiger partial charge is 0.333 e. The minimum absolute atomic E-state index is 0.270. The molecule has 0 N–H and O–H groups in total. The molecule has 0 spiro atoms. The van der Waals surface area contributed by atoms with Crippen LogP contribution < -0.4 is 0 Å². The highest BCUT2D eigenvalue weighted by atomic mass is 16.6. The number of hydrogen-bond donors (Lipinski definition) is 0. The Hall–Kier alpha value is -1.58. The van der Waals surface area contributed by atoms with Crippen molar-refractivity contribution in [3.05, 3.63) is 24.3 Å². The Labute approximate surface area is 121 Å². The van der Waals surface area contributed by atoms with Crippen LogP contribution in [0.25, 0.3) is 0 Å². The molecule has 0 amide bonds. The molecule has 0 aromatic heterocycles. The van der Waals surface area contributed by atoms with Crippen molar-refractivity contribution in [2.24, 2.45) is 5.41 Å². The number of esters is 2. The monoisotopic (exact) mass is 282 g/mol. The Morgan fingerprint density at radius 3 is 2.15 bits per heavy atom. The highest BCUT2D eigenvalue weighted by molar-refractivity contribution is 5.87. The van der Waals surface area contributed by atoms with E-state index in [-0.39, 0.29) is 11.9 Å². The molecule has 1 atom stereocenters. The van der Waals surface area contributed by atoms with Crippen LogP contribution in [0.15, 0.2) is 24.3 Å². The zero-order chi connectivity index (χ0) is 16.0. The van der Waals surface area contributed by atoms with Gasteiger partial charge in [0, 0.05) is 5.57 Å². The molecule has 0 aliphatic rings. The van der Waals surface area contributed by atoms with Gasteiger partial charge in [-0.15, -0.1) is 0 Å². The fourth-order valence-corrected chi connectivity index (χ4v) is 1.38. The molecule has 4 heteroatoms. The normalized spacial score (nSPS) is 15.2. The van der Waals surface area contributed by atoms with E-state index in [4.69, 9.17) is 4.74 Å². The molecule has 20 heavy (non-hydrogen) atoms. The van der Waals surface area contributed by atoms with Gasteiger partial charge in [-0.3, -0.25) is 4.79 Å². The Kier molecular flexibility index (Phi) is 6.69. The van der Waals surface area contributed by atoms with Gasteiger partial charge in [-0.1, -0.05) is 12.7 Å². The summed E-state index contributed by atoms with van der Waals surface area (Å²) in [5, 5.41) is 0. The summed E-state index contributed by atoms with van der Waals surface area (Å²) in [7, 11) is 1.35. The fourth-order valence-electron chi connectivity index (χ4n) is 1.38. The van der Waals surface area contributed by atoms with E-state index >= 15 is 0 Å². The molecule has 114 valence electrons. The second-order valence-electron chi connectivity index (χ2n) is 6.07. The van der Waals surface area contributed by atoms with Gasteiger partial charge in [0.2, 0.25) is 0 Å². The van der Waals surface area contributed by atoms with Crippen molar-refractivity contribution in [3.63, 3.8) is 0 Å². The van der Waals surface area contributed by atoms with Crippen LogP contribution in [-0.4, -0.2) is 24.6 Å². The second-order valence-corrected chi connectivity index (χ2v) is 6.07. The number of carbonyl (C=O) groups is 2. The SMILES string of the molecule is C=C[C@@](C)(CC/C=C(\C)C(=O)OC)OC(=O)C(C)(C)C. The largest absolute Gasteiger partial charge is 0.466 e. The first kappa shape index (κ1) is 18.4. The van der Waals surface area contributed by atoms with Crippen molar-refractivity contribution in [2.45, 2.75) is 53.1 Å². The van der Waals surface area contributed by atoms with Gasteiger partial charge in [0.1, 0.15) is 5.60 Å². The van der Waals surface area contributed by atoms with Crippen LogP contribution in [0.4, 0.5) is 0 Å². The van der Waals surface area contributed by atoms with Crippen LogP contribution in [0.5, 0.6) is 0 Å². The van der Waals surface area contributed by atoms with Gasteiger partial charge in [-0.25, -0.2) is 4.79 Å². The third-order valence-corrected chi connectivity index (χ3v) is 2.97. The zero-order valence-electron chi connectivity index (χ0n) is 13.4. The first-order valence-electron chi connectivity index (χ1n) is 6.68. The number of hydrogen-bond acceptors (Lipinski definition) is 4. The predicted octanol–water partition coefficient (Wildman–Crippen LogP) is 3.42. The van der Waals surface area contributed by atoms with Gasteiger partial charge >= 0.3 is 11.9 Å². The molecule has 0 aliphatic carbocycles. The molecule has 0 saturated heterocycles. The maximum Gasteiger partial charge on any atom is 0.333 e. The average molecular weight is 282 g/mol. The quantitative estimate of drug-likeness (QED) is 0.425. The molecule has 0 rings (SSSR count). The number of methoxy groups -OCH3 is 1. The Morgan fingerprint density at radius 2 is 1.75 bits per heavy atom. The van der Waals surface area contributed by atoms with E-state index in [1.807, 2.05) is 6.92 Å². The number of carbonyl (C=O) groups excluding carboxylic acids is 2. The van der Waals surface area contributed by atoms with Gasteiger partial charge in [-0.05, 0) is 53.5 Å². The summed E-state index contributed by atoms with van der Waals surface area (Å²) in [6, 6.07) is 0. The van der Waals surface area contributed by atoms with Crippen LogP contribution in [-0.2, 0) is 19.1 Å². The maximum atomic E-state index is 11.9. The van der Waals surface area contributed by atoms with Gasteiger partial charge < -0.3 is 9.47 Å².